The van der Waals surface area contributed by atoms with E-state index in [0.717, 1.165) is 12.2 Å². The Morgan fingerprint density at radius 3 is 3.25 bits per heavy atom. The van der Waals surface area contributed by atoms with E-state index in [1.165, 1.54) is 0 Å². The van der Waals surface area contributed by atoms with E-state index >= 15 is 0 Å². The normalized spacial score (nSPS) is 9.00. The molecule has 42 valence electrons. The Bertz CT molecular complexity index is 153. The molecule has 0 bridgehead atoms. The van der Waals surface area contributed by atoms with Gasteiger partial charge < -0.3 is 0 Å². The Morgan fingerprint density at radius 2 is 2.75 bits per heavy atom. The molecule has 2 nitrogen and oxygen atoms in total. The first-order valence-electron chi connectivity index (χ1n) is 2.58. The Labute approximate surface area is 48.3 Å². The van der Waals surface area contributed by atoms with E-state index in [9.17, 15) is 0 Å². The number of H-pyrrole nitrogens is 2. The van der Waals surface area contributed by atoms with E-state index in [-0.39, 0.29) is 0 Å². The summed E-state index contributed by atoms with van der Waals surface area (Å²) < 4.78 is 0. The molecule has 0 aliphatic carbocycles. The Balaban J connectivity index is 2.62. The van der Waals surface area contributed by atoms with Gasteiger partial charge in [0.2, 0.25) is 0 Å². The van der Waals surface area contributed by atoms with E-state index in [4.69, 9.17) is 0 Å². The van der Waals surface area contributed by atoms with Crippen molar-refractivity contribution in [2.24, 2.45) is 0 Å². The molecule has 0 fully saturated rings. The molecule has 2 N–H and O–H groups in total. The minimum absolute atomic E-state index is 0.882. The third kappa shape index (κ3) is 0.964. The van der Waals surface area contributed by atoms with Crippen LogP contribution in [0.3, 0.4) is 0 Å². The van der Waals surface area contributed by atoms with Gasteiger partial charge in [0.25, 0.3) is 5.82 Å². The van der Waals surface area contributed by atoms with E-state index in [2.05, 4.69) is 16.5 Å². The fraction of sp³-hybridized carbons (Fsp3) is 0.167. The van der Waals surface area contributed by atoms with Crippen LogP contribution in [0.5, 0.6) is 0 Å². The molecule has 0 unspecified atom stereocenters. The van der Waals surface area contributed by atoms with Gasteiger partial charge in [-0.1, -0.05) is 6.08 Å². The Hall–Kier alpha value is -1.05. The van der Waals surface area contributed by atoms with Gasteiger partial charge in [-0.05, 0) is 0 Å². The predicted octanol–water partition coefficient (Wildman–Crippen LogP) is 0.557. The number of allylic oxidation sites excluding steroid dienone is 1. The fourth-order valence-corrected chi connectivity index (χ4v) is 0.588. The molecule has 1 heterocycles. The van der Waals surface area contributed by atoms with Crippen molar-refractivity contribution in [3.8, 4) is 0 Å². The number of hydrogen-bond donors (Lipinski definition) is 1. The van der Waals surface area contributed by atoms with Crippen molar-refractivity contribution in [1.82, 2.24) is 4.98 Å². The summed E-state index contributed by atoms with van der Waals surface area (Å²) in [4.78, 5) is 6.02. The molecule has 0 atom stereocenters. The molecule has 0 aromatic carbocycles. The van der Waals surface area contributed by atoms with Crippen LogP contribution in [-0.2, 0) is 6.42 Å². The molecule has 1 aromatic rings. The SMILES string of the molecule is C=CCc1[nH]cc[nH+]1. The zero-order valence-electron chi connectivity index (χ0n) is 4.65. The van der Waals surface area contributed by atoms with Crippen molar-refractivity contribution < 1.29 is 4.98 Å². The van der Waals surface area contributed by atoms with Crippen LogP contribution in [0.1, 0.15) is 5.82 Å². The first-order chi connectivity index (χ1) is 3.93. The lowest BCUT2D eigenvalue weighted by Crippen LogP contribution is -2.03. The maximum atomic E-state index is 3.60. The molecule has 0 spiro atoms. The first kappa shape index (κ1) is 5.09. The molecule has 0 amide bonds. The smallest absolute Gasteiger partial charge is 0.247 e. The quantitative estimate of drug-likeness (QED) is 0.538. The van der Waals surface area contributed by atoms with Crippen molar-refractivity contribution >= 4 is 0 Å². The molecule has 2 heteroatoms. The summed E-state index contributed by atoms with van der Waals surface area (Å²) in [5.74, 6) is 1.10. The van der Waals surface area contributed by atoms with Gasteiger partial charge in [0.1, 0.15) is 12.4 Å². The average molecular weight is 109 g/mol. The van der Waals surface area contributed by atoms with E-state index in [1.54, 1.807) is 0 Å². The molecule has 8 heavy (non-hydrogen) atoms. The molecule has 1 rings (SSSR count). The maximum Gasteiger partial charge on any atom is 0.255 e. The monoisotopic (exact) mass is 109 g/mol. The second-order valence-electron chi connectivity index (χ2n) is 1.59. The predicted molar refractivity (Wildman–Crippen MR) is 31.2 cm³/mol. The summed E-state index contributed by atoms with van der Waals surface area (Å²) in [6.07, 6.45) is 6.45. The second-order valence-corrected chi connectivity index (χ2v) is 1.59. The van der Waals surface area contributed by atoms with Gasteiger partial charge >= 0.3 is 0 Å². The van der Waals surface area contributed by atoms with Gasteiger partial charge in [-0.2, -0.15) is 0 Å². The summed E-state index contributed by atoms with van der Waals surface area (Å²) in [5.41, 5.74) is 0. The van der Waals surface area contributed by atoms with Crippen molar-refractivity contribution in [1.29, 1.82) is 0 Å². The third-order valence-corrected chi connectivity index (χ3v) is 0.947. The largest absolute Gasteiger partial charge is 0.255 e. The zero-order valence-corrected chi connectivity index (χ0v) is 4.65. The highest BCUT2D eigenvalue weighted by Gasteiger charge is 1.93. The maximum absolute atomic E-state index is 3.60. The van der Waals surface area contributed by atoms with Crippen LogP contribution in [0, 0.1) is 0 Å². The van der Waals surface area contributed by atoms with Gasteiger partial charge in [-0.15, -0.1) is 6.58 Å². The number of imidazole rings is 1. The molecule has 1 aromatic heterocycles. The third-order valence-electron chi connectivity index (χ3n) is 0.947. The van der Waals surface area contributed by atoms with Crippen LogP contribution < -0.4 is 4.98 Å². The van der Waals surface area contributed by atoms with Crippen molar-refractivity contribution in [3.05, 3.63) is 30.9 Å². The van der Waals surface area contributed by atoms with Crippen LogP contribution in [0.15, 0.2) is 25.0 Å². The molecule has 0 saturated carbocycles. The van der Waals surface area contributed by atoms with Crippen LogP contribution in [0.4, 0.5) is 0 Å². The standard InChI is InChI=1S/C6H8N2/c1-2-3-6-7-4-5-8-6/h2,4-5H,1,3H2,(H,7,8)/p+1. The lowest BCUT2D eigenvalue weighted by atomic mass is 10.4. The average Bonchev–Trinajstić information content (AvgIpc) is 2.19. The highest BCUT2D eigenvalue weighted by Crippen LogP contribution is 1.82. The number of nitrogens with one attached hydrogen (secondary N) is 2. The summed E-state index contributed by atoms with van der Waals surface area (Å²) in [5, 5.41) is 0. The highest BCUT2D eigenvalue weighted by atomic mass is 14.9. The van der Waals surface area contributed by atoms with Crippen LogP contribution >= 0.6 is 0 Å². The van der Waals surface area contributed by atoms with Gasteiger partial charge in [-0.25, -0.2) is 9.97 Å². The summed E-state index contributed by atoms with van der Waals surface area (Å²) in [7, 11) is 0. The molecule has 0 aliphatic heterocycles. The van der Waals surface area contributed by atoms with Crippen LogP contribution in [-0.4, -0.2) is 4.98 Å². The van der Waals surface area contributed by atoms with Crippen LogP contribution in [0.25, 0.3) is 0 Å². The Kier molecular flexibility index (Phi) is 1.47. The topological polar surface area (TPSA) is 29.9 Å². The van der Waals surface area contributed by atoms with E-state index in [0.29, 0.717) is 0 Å². The number of hydrogen-bond acceptors (Lipinski definition) is 0. The van der Waals surface area contributed by atoms with Gasteiger partial charge in [0.05, 0.1) is 6.42 Å². The van der Waals surface area contributed by atoms with Crippen molar-refractivity contribution in [2.75, 3.05) is 0 Å². The van der Waals surface area contributed by atoms with Crippen molar-refractivity contribution in [3.63, 3.8) is 0 Å². The highest BCUT2D eigenvalue weighted by molar-refractivity contribution is 4.84. The molecule has 0 aliphatic rings. The summed E-state index contributed by atoms with van der Waals surface area (Å²) in [6.45, 7) is 3.60. The molecule has 0 saturated heterocycles. The van der Waals surface area contributed by atoms with Crippen LogP contribution in [0.2, 0.25) is 0 Å². The number of rotatable bonds is 2. The Morgan fingerprint density at radius 1 is 1.88 bits per heavy atom. The lowest BCUT2D eigenvalue weighted by Gasteiger charge is -1.74. The number of aromatic amines is 2. The van der Waals surface area contributed by atoms with E-state index in [1.807, 2.05) is 18.5 Å². The second kappa shape index (κ2) is 2.31. The number of aromatic nitrogens is 2. The van der Waals surface area contributed by atoms with Crippen molar-refractivity contribution in [2.45, 2.75) is 6.42 Å². The molecular formula is C6H9N2+. The molecule has 0 radical (unpaired) electrons. The summed E-state index contributed by atoms with van der Waals surface area (Å²) >= 11 is 0. The zero-order chi connectivity index (χ0) is 5.82. The minimum atomic E-state index is 0.882. The fourth-order valence-electron chi connectivity index (χ4n) is 0.588. The van der Waals surface area contributed by atoms with E-state index < -0.39 is 0 Å². The van der Waals surface area contributed by atoms with Gasteiger partial charge in [0.15, 0.2) is 0 Å². The first-order valence-corrected chi connectivity index (χ1v) is 2.58. The summed E-state index contributed by atoms with van der Waals surface area (Å²) in [6, 6.07) is 0. The van der Waals surface area contributed by atoms with Gasteiger partial charge in [-0.3, -0.25) is 0 Å². The minimum Gasteiger partial charge on any atom is -0.247 e. The van der Waals surface area contributed by atoms with Gasteiger partial charge in [0, 0.05) is 0 Å². The lowest BCUT2D eigenvalue weighted by molar-refractivity contribution is -0.387. The molecular weight excluding hydrogens is 100 g/mol.